The Labute approximate surface area is 202 Å². The molecule has 0 amide bonds. The molecular weight excluding hydrogens is 448 g/mol. The van der Waals surface area contributed by atoms with Crippen molar-refractivity contribution in [3.8, 4) is 28.6 Å². The molecule has 0 fully saturated rings. The second-order valence-corrected chi connectivity index (χ2v) is 8.15. The molecule has 2 aromatic carbocycles. The summed E-state index contributed by atoms with van der Waals surface area (Å²) in [5.74, 6) is 1.11. The molecule has 2 heterocycles. The van der Waals surface area contributed by atoms with Gasteiger partial charge < -0.3 is 9.47 Å². The van der Waals surface area contributed by atoms with Gasteiger partial charge in [0.15, 0.2) is 6.29 Å². The molecule has 0 spiro atoms. The van der Waals surface area contributed by atoms with Crippen LogP contribution >= 0.6 is 0 Å². The van der Waals surface area contributed by atoms with E-state index < -0.39 is 0 Å². The van der Waals surface area contributed by atoms with Crippen LogP contribution in [0.15, 0.2) is 29.1 Å². The number of ether oxygens (including phenoxy) is 2. The number of carbonyl (C=O) groups excluding carboxylic acids is 1. The minimum Gasteiger partial charge on any atom is -0.489 e. The average Bonchev–Trinajstić information content (AvgIpc) is 3.35. The zero-order valence-corrected chi connectivity index (χ0v) is 20.3. The first-order chi connectivity index (χ1) is 16.8. The standard InChI is InChI=1S/C25H26N6O4/c1-6-12-34-24-19(14-32)23(26-29(24)4)18-10-11-22(17(3)13-18)35-15-20-16(2)8-7-9-21(20)31-25(33)30(5)27-28-31/h8,10-11,13-14H,6,12,15H2,1-5H3. The lowest BCUT2D eigenvalue weighted by molar-refractivity contribution is 0.111. The maximum Gasteiger partial charge on any atom is 0.368 e. The molecular formula is C25H26N6O4. The van der Waals surface area contributed by atoms with Gasteiger partial charge in [-0.3, -0.25) is 4.79 Å². The van der Waals surface area contributed by atoms with Crippen molar-refractivity contribution < 1.29 is 14.3 Å². The van der Waals surface area contributed by atoms with Crippen LogP contribution in [0.3, 0.4) is 0 Å². The first kappa shape index (κ1) is 23.8. The van der Waals surface area contributed by atoms with E-state index in [1.165, 1.54) is 11.7 Å². The molecule has 0 saturated carbocycles. The summed E-state index contributed by atoms with van der Waals surface area (Å²) >= 11 is 0. The van der Waals surface area contributed by atoms with Gasteiger partial charge in [-0.05, 0) is 72.2 Å². The Kier molecular flexibility index (Phi) is 6.68. The number of benzene rings is 1. The summed E-state index contributed by atoms with van der Waals surface area (Å²) in [5, 5.41) is 12.2. The number of rotatable bonds is 9. The SMILES string of the molecule is CCCOc1c(C=O)c(-c2ccc(OCc3c(-n4nnn(C)c4=O)c#ccc3C)c(C)c2)nn1C. The largest absolute Gasteiger partial charge is 0.489 e. The molecule has 0 atom stereocenters. The van der Waals surface area contributed by atoms with Gasteiger partial charge in [-0.2, -0.15) is 14.5 Å². The van der Waals surface area contributed by atoms with Crippen LogP contribution in [0.4, 0.5) is 0 Å². The maximum absolute atomic E-state index is 12.4. The van der Waals surface area contributed by atoms with Gasteiger partial charge in [-0.1, -0.05) is 13.0 Å². The molecule has 10 heteroatoms. The van der Waals surface area contributed by atoms with Gasteiger partial charge >= 0.3 is 5.69 Å². The smallest absolute Gasteiger partial charge is 0.368 e. The lowest BCUT2D eigenvalue weighted by Crippen LogP contribution is -2.23. The molecule has 0 aliphatic rings. The predicted molar refractivity (Wildman–Crippen MR) is 128 cm³/mol. The number of aromatic nitrogens is 6. The molecule has 180 valence electrons. The van der Waals surface area contributed by atoms with E-state index in [9.17, 15) is 9.59 Å². The van der Waals surface area contributed by atoms with Crippen molar-refractivity contribution >= 4 is 6.29 Å². The van der Waals surface area contributed by atoms with Crippen LogP contribution < -0.4 is 15.2 Å². The number of hydrogen-bond donors (Lipinski definition) is 0. The molecule has 2 aromatic heterocycles. The minimum absolute atomic E-state index is 0.188. The molecule has 0 N–H and O–H groups in total. The number of tetrazole rings is 1. The maximum atomic E-state index is 12.4. The Morgan fingerprint density at radius 2 is 1.89 bits per heavy atom. The Bertz CT molecular complexity index is 1430. The molecule has 0 saturated heterocycles. The van der Waals surface area contributed by atoms with E-state index in [1.54, 1.807) is 17.8 Å². The Morgan fingerprint density at radius 1 is 1.09 bits per heavy atom. The fraction of sp³-hybridized carbons (Fsp3) is 0.320. The number of aldehydes is 1. The summed E-state index contributed by atoms with van der Waals surface area (Å²) < 4.78 is 15.7. The predicted octanol–water partition coefficient (Wildman–Crippen LogP) is 2.76. The van der Waals surface area contributed by atoms with Crippen molar-refractivity contribution in [1.82, 2.24) is 29.6 Å². The normalized spacial score (nSPS) is 10.8. The average molecular weight is 475 g/mol. The third-order valence-corrected chi connectivity index (χ3v) is 5.59. The summed E-state index contributed by atoms with van der Waals surface area (Å²) in [6, 6.07) is 13.2. The van der Waals surface area contributed by atoms with Crippen molar-refractivity contribution in [2.24, 2.45) is 14.1 Å². The van der Waals surface area contributed by atoms with Crippen molar-refractivity contribution in [3.63, 3.8) is 0 Å². The highest BCUT2D eigenvalue weighted by Crippen LogP contribution is 2.32. The first-order valence-corrected chi connectivity index (χ1v) is 11.2. The van der Waals surface area contributed by atoms with Crippen LogP contribution in [0.1, 0.15) is 40.4 Å². The number of aryl methyl sites for hydroxylation is 4. The molecule has 35 heavy (non-hydrogen) atoms. The lowest BCUT2D eigenvalue weighted by atomic mass is 10.0. The van der Waals surface area contributed by atoms with Crippen molar-refractivity contribution in [2.45, 2.75) is 33.8 Å². The molecule has 4 rings (SSSR count). The Balaban J connectivity index is 1.61. The number of carbonyl (C=O) groups is 1. The molecule has 0 unspecified atom stereocenters. The topological polar surface area (TPSA) is 106 Å². The molecule has 0 radical (unpaired) electrons. The third-order valence-electron chi connectivity index (χ3n) is 5.59. The van der Waals surface area contributed by atoms with Crippen molar-refractivity contribution in [3.05, 3.63) is 69.1 Å². The van der Waals surface area contributed by atoms with E-state index in [2.05, 4.69) is 27.7 Å². The Hall–Kier alpha value is -4.39. The lowest BCUT2D eigenvalue weighted by Gasteiger charge is -2.13. The van der Waals surface area contributed by atoms with Crippen LogP contribution in [-0.4, -0.2) is 42.5 Å². The highest BCUT2D eigenvalue weighted by Gasteiger charge is 2.20. The molecule has 10 nitrogen and oxygen atoms in total. The van der Waals surface area contributed by atoms with Crippen LogP contribution in [-0.2, 0) is 20.7 Å². The zero-order chi connectivity index (χ0) is 25.1. The van der Waals surface area contributed by atoms with E-state index in [1.807, 2.05) is 39.0 Å². The molecule has 0 aliphatic carbocycles. The van der Waals surface area contributed by atoms with Crippen molar-refractivity contribution in [1.29, 1.82) is 0 Å². The van der Waals surface area contributed by atoms with Crippen LogP contribution in [0.5, 0.6) is 11.6 Å². The second-order valence-electron chi connectivity index (χ2n) is 8.15. The molecule has 4 aromatic rings. The van der Waals surface area contributed by atoms with Crippen LogP contribution in [0, 0.1) is 26.0 Å². The van der Waals surface area contributed by atoms with E-state index in [0.717, 1.165) is 39.6 Å². The number of hydrogen-bond acceptors (Lipinski definition) is 7. The van der Waals surface area contributed by atoms with E-state index in [-0.39, 0.29) is 12.3 Å². The first-order valence-electron chi connectivity index (χ1n) is 11.2. The van der Waals surface area contributed by atoms with E-state index >= 15 is 0 Å². The fourth-order valence-electron chi connectivity index (χ4n) is 3.70. The Morgan fingerprint density at radius 3 is 2.54 bits per heavy atom. The van der Waals surface area contributed by atoms with Gasteiger partial charge in [0, 0.05) is 25.2 Å². The van der Waals surface area contributed by atoms with Gasteiger partial charge in [-0.15, -0.1) is 0 Å². The molecule has 0 aliphatic heterocycles. The van der Waals surface area contributed by atoms with Gasteiger partial charge in [0.05, 0.1) is 6.61 Å². The highest BCUT2D eigenvalue weighted by molar-refractivity contribution is 5.89. The van der Waals surface area contributed by atoms with Crippen LogP contribution in [0.2, 0.25) is 0 Å². The zero-order valence-electron chi connectivity index (χ0n) is 20.3. The minimum atomic E-state index is -0.384. The van der Waals surface area contributed by atoms with Gasteiger partial charge in [0.2, 0.25) is 5.88 Å². The number of nitrogens with zero attached hydrogens (tertiary/aromatic N) is 6. The van der Waals surface area contributed by atoms with E-state index in [0.29, 0.717) is 35.2 Å². The fourth-order valence-corrected chi connectivity index (χ4v) is 3.70. The van der Waals surface area contributed by atoms with Crippen LogP contribution in [0.25, 0.3) is 16.9 Å². The summed E-state index contributed by atoms with van der Waals surface area (Å²) in [6.07, 6.45) is 1.60. The van der Waals surface area contributed by atoms with Gasteiger partial charge in [0.1, 0.15) is 29.3 Å². The van der Waals surface area contributed by atoms with Gasteiger partial charge in [-0.25, -0.2) is 9.48 Å². The van der Waals surface area contributed by atoms with Crippen molar-refractivity contribution in [2.75, 3.05) is 6.61 Å². The monoisotopic (exact) mass is 474 g/mol. The summed E-state index contributed by atoms with van der Waals surface area (Å²) in [7, 11) is 3.28. The van der Waals surface area contributed by atoms with E-state index in [4.69, 9.17) is 9.47 Å². The summed E-state index contributed by atoms with van der Waals surface area (Å²) in [6.45, 7) is 6.52. The summed E-state index contributed by atoms with van der Waals surface area (Å²) in [4.78, 5) is 24.2. The highest BCUT2D eigenvalue weighted by atomic mass is 16.5. The summed E-state index contributed by atoms with van der Waals surface area (Å²) in [5.41, 5.74) is 4.31. The quantitative estimate of drug-likeness (QED) is 0.343. The van der Waals surface area contributed by atoms with Gasteiger partial charge in [0.25, 0.3) is 0 Å². The third kappa shape index (κ3) is 4.53. The molecule has 0 bridgehead atoms. The second kappa shape index (κ2) is 9.85.